The van der Waals surface area contributed by atoms with Crippen LogP contribution in [0.25, 0.3) is 0 Å². The molecule has 0 aliphatic heterocycles. The second kappa shape index (κ2) is 5.28. The zero-order chi connectivity index (χ0) is 12.3. The minimum atomic E-state index is 0.0640. The van der Waals surface area contributed by atoms with Crippen LogP contribution in [0.1, 0.15) is 37.7 Å². The second-order valence-corrected chi connectivity index (χ2v) is 5.33. The van der Waals surface area contributed by atoms with Gasteiger partial charge in [-0.25, -0.2) is 0 Å². The summed E-state index contributed by atoms with van der Waals surface area (Å²) >= 11 is 6.12. The minimum absolute atomic E-state index is 0.0640. The number of hydrogen-bond donors (Lipinski definition) is 1. The van der Waals surface area contributed by atoms with Crippen LogP contribution in [0.3, 0.4) is 0 Å². The van der Waals surface area contributed by atoms with E-state index in [-0.39, 0.29) is 5.41 Å². The molecule has 0 aromatic heterocycles. The maximum absolute atomic E-state index is 6.12. The largest absolute Gasteiger partial charge is 0.496 e. The smallest absolute Gasteiger partial charge is 0.122 e. The van der Waals surface area contributed by atoms with Gasteiger partial charge in [-0.2, -0.15) is 0 Å². The fourth-order valence-corrected chi connectivity index (χ4v) is 3.08. The molecular formula is C14H20ClNO. The van der Waals surface area contributed by atoms with Crippen molar-refractivity contribution >= 4 is 11.6 Å². The Morgan fingerprint density at radius 2 is 2.00 bits per heavy atom. The van der Waals surface area contributed by atoms with Gasteiger partial charge in [0.2, 0.25) is 0 Å². The molecule has 0 radical (unpaired) electrons. The third-order valence-corrected chi connectivity index (χ3v) is 4.17. The SMILES string of the molecule is COc1ccc(Cl)cc1C1(CN)CCCCC1. The fourth-order valence-electron chi connectivity index (χ4n) is 2.91. The van der Waals surface area contributed by atoms with Gasteiger partial charge in [-0.15, -0.1) is 0 Å². The lowest BCUT2D eigenvalue weighted by Crippen LogP contribution is -2.37. The molecule has 1 fully saturated rings. The number of ether oxygens (including phenoxy) is 1. The van der Waals surface area contributed by atoms with Crippen molar-refractivity contribution in [2.75, 3.05) is 13.7 Å². The highest BCUT2D eigenvalue weighted by Crippen LogP contribution is 2.43. The van der Waals surface area contributed by atoms with E-state index < -0.39 is 0 Å². The highest BCUT2D eigenvalue weighted by Gasteiger charge is 2.35. The number of methoxy groups -OCH3 is 1. The molecule has 17 heavy (non-hydrogen) atoms. The predicted molar refractivity (Wildman–Crippen MR) is 71.8 cm³/mol. The minimum Gasteiger partial charge on any atom is -0.496 e. The van der Waals surface area contributed by atoms with E-state index in [9.17, 15) is 0 Å². The van der Waals surface area contributed by atoms with Gasteiger partial charge in [-0.05, 0) is 31.0 Å². The Morgan fingerprint density at radius 3 is 2.59 bits per heavy atom. The summed E-state index contributed by atoms with van der Waals surface area (Å²) in [7, 11) is 1.71. The summed E-state index contributed by atoms with van der Waals surface area (Å²) < 4.78 is 5.47. The Bertz CT molecular complexity index is 386. The molecule has 0 unspecified atom stereocenters. The predicted octanol–water partition coefficient (Wildman–Crippen LogP) is 3.51. The summed E-state index contributed by atoms with van der Waals surface area (Å²) in [6.45, 7) is 0.670. The molecule has 1 aliphatic carbocycles. The molecule has 1 aliphatic rings. The van der Waals surface area contributed by atoms with Crippen LogP contribution in [0.4, 0.5) is 0 Å². The van der Waals surface area contributed by atoms with Crippen LogP contribution >= 0.6 is 11.6 Å². The average molecular weight is 254 g/mol. The summed E-state index contributed by atoms with van der Waals surface area (Å²) in [6.07, 6.45) is 6.07. The number of rotatable bonds is 3. The lowest BCUT2D eigenvalue weighted by atomic mass is 9.69. The van der Waals surface area contributed by atoms with Gasteiger partial charge < -0.3 is 10.5 Å². The third kappa shape index (κ3) is 2.43. The van der Waals surface area contributed by atoms with Gasteiger partial charge in [-0.3, -0.25) is 0 Å². The molecule has 0 saturated heterocycles. The normalized spacial score (nSPS) is 19.0. The second-order valence-electron chi connectivity index (χ2n) is 4.89. The summed E-state index contributed by atoms with van der Waals surface area (Å²) in [5.74, 6) is 0.918. The van der Waals surface area contributed by atoms with Crippen molar-refractivity contribution in [2.24, 2.45) is 5.73 Å². The van der Waals surface area contributed by atoms with Crippen LogP contribution in [0.2, 0.25) is 5.02 Å². The van der Waals surface area contributed by atoms with E-state index >= 15 is 0 Å². The van der Waals surface area contributed by atoms with Gasteiger partial charge in [0.1, 0.15) is 5.75 Å². The number of halogens is 1. The molecule has 1 aromatic carbocycles. The Labute approximate surface area is 108 Å². The van der Waals surface area contributed by atoms with E-state index in [2.05, 4.69) is 0 Å². The Morgan fingerprint density at radius 1 is 1.29 bits per heavy atom. The van der Waals surface area contributed by atoms with Crippen molar-refractivity contribution in [3.05, 3.63) is 28.8 Å². The van der Waals surface area contributed by atoms with Crippen LogP contribution in [-0.4, -0.2) is 13.7 Å². The van der Waals surface area contributed by atoms with Crippen LogP contribution in [0.5, 0.6) is 5.75 Å². The number of nitrogens with two attached hydrogens (primary N) is 1. The summed E-state index contributed by atoms with van der Waals surface area (Å²) in [6, 6.07) is 5.85. The lowest BCUT2D eigenvalue weighted by molar-refractivity contribution is 0.288. The highest BCUT2D eigenvalue weighted by atomic mass is 35.5. The Balaban J connectivity index is 2.44. The van der Waals surface area contributed by atoms with E-state index in [1.54, 1.807) is 7.11 Å². The maximum atomic E-state index is 6.12. The lowest BCUT2D eigenvalue weighted by Gasteiger charge is -2.37. The Kier molecular flexibility index (Phi) is 3.95. The van der Waals surface area contributed by atoms with E-state index in [0.717, 1.165) is 23.6 Å². The number of hydrogen-bond acceptors (Lipinski definition) is 2. The first-order valence-corrected chi connectivity index (χ1v) is 6.64. The van der Waals surface area contributed by atoms with Crippen molar-refractivity contribution in [3.8, 4) is 5.75 Å². The molecule has 0 heterocycles. The van der Waals surface area contributed by atoms with Crippen LogP contribution in [0.15, 0.2) is 18.2 Å². The van der Waals surface area contributed by atoms with Gasteiger partial charge in [0.25, 0.3) is 0 Å². The van der Waals surface area contributed by atoms with E-state index in [4.69, 9.17) is 22.1 Å². The van der Waals surface area contributed by atoms with E-state index in [1.807, 2.05) is 18.2 Å². The first kappa shape index (κ1) is 12.7. The van der Waals surface area contributed by atoms with Gasteiger partial charge >= 0.3 is 0 Å². The van der Waals surface area contributed by atoms with Crippen molar-refractivity contribution in [1.29, 1.82) is 0 Å². The third-order valence-electron chi connectivity index (χ3n) is 3.93. The highest BCUT2D eigenvalue weighted by molar-refractivity contribution is 6.30. The average Bonchev–Trinajstić information content (AvgIpc) is 2.39. The van der Waals surface area contributed by atoms with Crippen molar-refractivity contribution in [3.63, 3.8) is 0 Å². The van der Waals surface area contributed by atoms with Crippen LogP contribution < -0.4 is 10.5 Å². The van der Waals surface area contributed by atoms with Gasteiger partial charge in [0, 0.05) is 22.5 Å². The molecule has 2 nitrogen and oxygen atoms in total. The summed E-state index contributed by atoms with van der Waals surface area (Å²) in [5, 5.41) is 0.763. The fraction of sp³-hybridized carbons (Fsp3) is 0.571. The van der Waals surface area contributed by atoms with Crippen molar-refractivity contribution in [1.82, 2.24) is 0 Å². The molecule has 94 valence electrons. The molecule has 2 rings (SSSR count). The molecule has 0 amide bonds. The van der Waals surface area contributed by atoms with Crippen LogP contribution in [-0.2, 0) is 5.41 Å². The van der Waals surface area contributed by atoms with Crippen LogP contribution in [0, 0.1) is 0 Å². The molecule has 0 bridgehead atoms. The zero-order valence-electron chi connectivity index (χ0n) is 10.3. The molecule has 0 spiro atoms. The summed E-state index contributed by atoms with van der Waals surface area (Å²) in [4.78, 5) is 0. The first-order valence-electron chi connectivity index (χ1n) is 6.26. The molecule has 2 N–H and O–H groups in total. The van der Waals surface area contributed by atoms with Gasteiger partial charge in [-0.1, -0.05) is 30.9 Å². The first-order chi connectivity index (χ1) is 8.22. The molecular weight excluding hydrogens is 234 g/mol. The standard InChI is InChI=1S/C14H20ClNO/c1-17-13-6-5-11(15)9-12(13)14(10-16)7-3-2-4-8-14/h5-6,9H,2-4,7-8,10,16H2,1H3. The monoisotopic (exact) mass is 253 g/mol. The maximum Gasteiger partial charge on any atom is 0.122 e. The summed E-state index contributed by atoms with van der Waals surface area (Å²) in [5.41, 5.74) is 7.30. The molecule has 0 atom stereocenters. The molecule has 1 aromatic rings. The van der Waals surface area contributed by atoms with Gasteiger partial charge in [0.05, 0.1) is 7.11 Å². The quantitative estimate of drug-likeness (QED) is 0.895. The Hall–Kier alpha value is -0.730. The molecule has 3 heteroatoms. The van der Waals surface area contributed by atoms with Crippen molar-refractivity contribution < 1.29 is 4.74 Å². The topological polar surface area (TPSA) is 35.2 Å². The number of benzene rings is 1. The van der Waals surface area contributed by atoms with E-state index in [1.165, 1.54) is 24.8 Å². The van der Waals surface area contributed by atoms with Gasteiger partial charge in [0.15, 0.2) is 0 Å². The van der Waals surface area contributed by atoms with E-state index in [0.29, 0.717) is 6.54 Å². The molecule has 1 saturated carbocycles. The van der Waals surface area contributed by atoms with Crippen molar-refractivity contribution in [2.45, 2.75) is 37.5 Å². The zero-order valence-corrected chi connectivity index (χ0v) is 11.1.